The molecular weight excluding hydrogens is 164 g/mol. The van der Waals surface area contributed by atoms with E-state index >= 15 is 0 Å². The molecule has 1 aromatic carbocycles. The summed E-state index contributed by atoms with van der Waals surface area (Å²) in [6, 6.07) is 8.12. The van der Waals surface area contributed by atoms with Crippen molar-refractivity contribution >= 4 is 5.91 Å². The zero-order chi connectivity index (χ0) is 9.26. The summed E-state index contributed by atoms with van der Waals surface area (Å²) in [5, 5.41) is 5.94. The molecule has 1 aliphatic rings. The number of hydrogen-bond donors (Lipinski definition) is 2. The van der Waals surface area contributed by atoms with Crippen LogP contribution >= 0.6 is 0 Å². The van der Waals surface area contributed by atoms with Crippen LogP contribution in [0.15, 0.2) is 24.3 Å². The molecule has 1 fully saturated rings. The number of nitrogens with one attached hydrogen (secondary N) is 2. The summed E-state index contributed by atoms with van der Waals surface area (Å²) in [6.45, 7) is 2.46. The van der Waals surface area contributed by atoms with Crippen LogP contribution < -0.4 is 10.6 Å². The van der Waals surface area contributed by atoms with Gasteiger partial charge in [0.05, 0.1) is 6.54 Å². The monoisotopic (exact) mass is 176 g/mol. The maximum Gasteiger partial charge on any atom is 0.235 e. The third-order valence-electron chi connectivity index (χ3n) is 2.15. The van der Waals surface area contributed by atoms with Gasteiger partial charge in [0.15, 0.2) is 0 Å². The molecule has 2 N–H and O–H groups in total. The maximum absolute atomic E-state index is 10.9. The van der Waals surface area contributed by atoms with Crippen LogP contribution in [0.25, 0.3) is 0 Å². The van der Waals surface area contributed by atoms with E-state index in [1.54, 1.807) is 0 Å². The van der Waals surface area contributed by atoms with E-state index in [0.29, 0.717) is 6.54 Å². The molecule has 3 heteroatoms. The molecule has 1 amide bonds. The highest BCUT2D eigenvalue weighted by molar-refractivity contribution is 5.80. The lowest BCUT2D eigenvalue weighted by molar-refractivity contribution is -0.118. The van der Waals surface area contributed by atoms with E-state index < -0.39 is 0 Å². The van der Waals surface area contributed by atoms with Crippen LogP contribution in [0.5, 0.6) is 0 Å². The summed E-state index contributed by atoms with van der Waals surface area (Å²) in [4.78, 5) is 10.9. The van der Waals surface area contributed by atoms with Crippen LogP contribution in [0.3, 0.4) is 0 Å². The van der Waals surface area contributed by atoms with E-state index in [9.17, 15) is 4.79 Å². The maximum atomic E-state index is 10.9. The summed E-state index contributed by atoms with van der Waals surface area (Å²) in [7, 11) is 0. The van der Waals surface area contributed by atoms with E-state index in [4.69, 9.17) is 0 Å². The van der Waals surface area contributed by atoms with Gasteiger partial charge in [-0.15, -0.1) is 0 Å². The molecule has 0 saturated carbocycles. The smallest absolute Gasteiger partial charge is 0.235 e. The van der Waals surface area contributed by atoms with Gasteiger partial charge in [-0.1, -0.05) is 29.8 Å². The number of amides is 1. The molecule has 1 saturated heterocycles. The minimum atomic E-state index is -0.00704. The van der Waals surface area contributed by atoms with Crippen LogP contribution in [0.1, 0.15) is 17.3 Å². The fourth-order valence-corrected chi connectivity index (χ4v) is 1.51. The molecule has 0 aliphatic carbocycles. The van der Waals surface area contributed by atoms with Crippen molar-refractivity contribution in [3.63, 3.8) is 0 Å². The Balaban J connectivity index is 2.21. The van der Waals surface area contributed by atoms with Gasteiger partial charge in [0.1, 0.15) is 6.17 Å². The van der Waals surface area contributed by atoms with Gasteiger partial charge < -0.3 is 5.32 Å². The lowest BCUT2D eigenvalue weighted by atomic mass is 10.1. The van der Waals surface area contributed by atoms with Gasteiger partial charge in [0, 0.05) is 0 Å². The van der Waals surface area contributed by atoms with Crippen molar-refractivity contribution in [2.24, 2.45) is 0 Å². The van der Waals surface area contributed by atoms with Crippen LogP contribution in [-0.4, -0.2) is 12.5 Å². The fraction of sp³-hybridized carbons (Fsp3) is 0.300. The average molecular weight is 176 g/mol. The van der Waals surface area contributed by atoms with Gasteiger partial charge >= 0.3 is 0 Å². The van der Waals surface area contributed by atoms with Gasteiger partial charge in [-0.05, 0) is 12.5 Å². The standard InChI is InChI=1S/C10H12N2O/c1-7-3-2-4-8(5-7)10-11-6-9(13)12-10/h2-5,10-11H,6H2,1H3,(H,12,13). The molecular formula is C10H12N2O. The van der Waals surface area contributed by atoms with Crippen molar-refractivity contribution in [2.75, 3.05) is 6.54 Å². The van der Waals surface area contributed by atoms with Gasteiger partial charge in [-0.2, -0.15) is 0 Å². The van der Waals surface area contributed by atoms with Gasteiger partial charge in [0.25, 0.3) is 0 Å². The number of rotatable bonds is 1. The molecule has 1 unspecified atom stereocenters. The van der Waals surface area contributed by atoms with E-state index in [2.05, 4.69) is 16.7 Å². The Morgan fingerprint density at radius 1 is 1.46 bits per heavy atom. The Hall–Kier alpha value is -1.35. The summed E-state index contributed by atoms with van der Waals surface area (Å²) >= 11 is 0. The number of carbonyl (C=O) groups is 1. The van der Waals surface area contributed by atoms with Crippen molar-refractivity contribution in [3.8, 4) is 0 Å². The number of aryl methyl sites for hydroxylation is 1. The third kappa shape index (κ3) is 1.70. The SMILES string of the molecule is Cc1cccc(C2NCC(=O)N2)c1. The normalized spacial score (nSPS) is 21.6. The van der Waals surface area contributed by atoms with Gasteiger partial charge in [-0.25, -0.2) is 0 Å². The minimum Gasteiger partial charge on any atom is -0.336 e. The van der Waals surface area contributed by atoms with Crippen molar-refractivity contribution in [1.82, 2.24) is 10.6 Å². The number of carbonyl (C=O) groups excluding carboxylic acids is 1. The average Bonchev–Trinajstić information content (AvgIpc) is 2.52. The molecule has 1 heterocycles. The Morgan fingerprint density at radius 3 is 2.92 bits per heavy atom. The lowest BCUT2D eigenvalue weighted by Gasteiger charge is -2.10. The molecule has 13 heavy (non-hydrogen) atoms. The van der Waals surface area contributed by atoms with E-state index in [1.807, 2.05) is 25.1 Å². The van der Waals surface area contributed by atoms with Crippen LogP contribution in [0.4, 0.5) is 0 Å². The van der Waals surface area contributed by atoms with Crippen molar-refractivity contribution < 1.29 is 4.79 Å². The first-order valence-electron chi connectivity index (χ1n) is 4.35. The molecule has 0 radical (unpaired) electrons. The Labute approximate surface area is 77.1 Å². The lowest BCUT2D eigenvalue weighted by Crippen LogP contribution is -2.22. The van der Waals surface area contributed by atoms with E-state index in [1.165, 1.54) is 5.56 Å². The first-order valence-corrected chi connectivity index (χ1v) is 4.35. The fourth-order valence-electron chi connectivity index (χ4n) is 1.51. The molecule has 0 spiro atoms. The van der Waals surface area contributed by atoms with Crippen molar-refractivity contribution in [1.29, 1.82) is 0 Å². The molecule has 0 bridgehead atoms. The topological polar surface area (TPSA) is 41.1 Å². The molecule has 1 atom stereocenters. The van der Waals surface area contributed by atoms with E-state index in [0.717, 1.165) is 5.56 Å². The summed E-state index contributed by atoms with van der Waals surface area (Å²) in [5.41, 5.74) is 2.33. The second kappa shape index (κ2) is 3.18. The number of hydrogen-bond acceptors (Lipinski definition) is 2. The van der Waals surface area contributed by atoms with Crippen LogP contribution in [0, 0.1) is 6.92 Å². The van der Waals surface area contributed by atoms with E-state index in [-0.39, 0.29) is 12.1 Å². The first kappa shape index (κ1) is 8.26. The molecule has 1 aliphatic heterocycles. The highest BCUT2D eigenvalue weighted by Gasteiger charge is 2.20. The van der Waals surface area contributed by atoms with Gasteiger partial charge in [0.2, 0.25) is 5.91 Å². The van der Waals surface area contributed by atoms with Gasteiger partial charge in [-0.3, -0.25) is 10.1 Å². The highest BCUT2D eigenvalue weighted by Crippen LogP contribution is 2.13. The summed E-state index contributed by atoms with van der Waals surface area (Å²) in [5.74, 6) is 0.0616. The highest BCUT2D eigenvalue weighted by atomic mass is 16.2. The molecule has 3 nitrogen and oxygen atoms in total. The zero-order valence-electron chi connectivity index (χ0n) is 7.50. The zero-order valence-corrected chi connectivity index (χ0v) is 7.50. The second-order valence-corrected chi connectivity index (χ2v) is 3.30. The van der Waals surface area contributed by atoms with Crippen LogP contribution in [-0.2, 0) is 4.79 Å². The predicted octanol–water partition coefficient (Wildman–Crippen LogP) is 0.713. The predicted molar refractivity (Wildman–Crippen MR) is 50.1 cm³/mol. The summed E-state index contributed by atoms with van der Waals surface area (Å²) in [6.07, 6.45) is -0.00704. The van der Waals surface area contributed by atoms with Crippen LogP contribution in [0.2, 0.25) is 0 Å². The number of benzene rings is 1. The second-order valence-electron chi connectivity index (χ2n) is 3.30. The Morgan fingerprint density at radius 2 is 2.31 bits per heavy atom. The molecule has 0 aromatic heterocycles. The third-order valence-corrected chi connectivity index (χ3v) is 2.15. The minimum absolute atomic E-state index is 0.00704. The summed E-state index contributed by atoms with van der Waals surface area (Å²) < 4.78 is 0. The quantitative estimate of drug-likeness (QED) is 0.661. The molecule has 2 rings (SSSR count). The molecule has 1 aromatic rings. The van der Waals surface area contributed by atoms with Crippen molar-refractivity contribution in [2.45, 2.75) is 13.1 Å². The Kier molecular flexibility index (Phi) is 2.02. The Bertz CT molecular complexity index is 335. The van der Waals surface area contributed by atoms with Crippen molar-refractivity contribution in [3.05, 3.63) is 35.4 Å². The first-order chi connectivity index (χ1) is 6.25. The molecule has 68 valence electrons. The largest absolute Gasteiger partial charge is 0.336 e.